The van der Waals surface area contributed by atoms with Crippen LogP contribution >= 0.6 is 0 Å². The van der Waals surface area contributed by atoms with Crippen LogP contribution in [-0.4, -0.2) is 35.5 Å². The summed E-state index contributed by atoms with van der Waals surface area (Å²) in [5.41, 5.74) is 1.84. The van der Waals surface area contributed by atoms with E-state index in [1.807, 2.05) is 54.6 Å². The summed E-state index contributed by atoms with van der Waals surface area (Å²) in [6.45, 7) is -0.0163. The number of nitrogens with zero attached hydrogens (tertiary/aromatic N) is 1. The van der Waals surface area contributed by atoms with Gasteiger partial charge in [0.05, 0.1) is 7.11 Å². The van der Waals surface area contributed by atoms with Crippen molar-refractivity contribution in [3.8, 4) is 5.75 Å². The third kappa shape index (κ3) is 5.12. The van der Waals surface area contributed by atoms with E-state index in [2.05, 4.69) is 0 Å². The van der Waals surface area contributed by atoms with Gasteiger partial charge in [0.15, 0.2) is 0 Å². The molecule has 0 bridgehead atoms. The first-order chi connectivity index (χ1) is 11.6. The molecule has 0 aromatic heterocycles. The number of hydrogen-bond donors (Lipinski definition) is 1. The Morgan fingerprint density at radius 1 is 1.04 bits per heavy atom. The molecule has 0 unspecified atom stereocenters. The minimum Gasteiger partial charge on any atom is -0.496 e. The third-order valence-corrected chi connectivity index (χ3v) is 3.70. The molecule has 1 N–H and O–H groups in total. The lowest BCUT2D eigenvalue weighted by molar-refractivity contribution is -0.144. The van der Waals surface area contributed by atoms with Crippen LogP contribution in [0.25, 0.3) is 0 Å². The predicted molar refractivity (Wildman–Crippen MR) is 90.8 cm³/mol. The van der Waals surface area contributed by atoms with E-state index in [9.17, 15) is 9.59 Å². The lowest BCUT2D eigenvalue weighted by Gasteiger charge is -2.21. The smallest absolute Gasteiger partial charge is 0.323 e. The number of carboxylic acid groups (broad SMARTS) is 1. The number of aryl methyl sites for hydroxylation is 1. The Morgan fingerprint density at radius 2 is 1.71 bits per heavy atom. The van der Waals surface area contributed by atoms with Crippen LogP contribution in [0.15, 0.2) is 54.6 Å². The van der Waals surface area contributed by atoms with Crippen LogP contribution in [0, 0.1) is 0 Å². The molecule has 1 amide bonds. The molecular formula is C19H21NO4. The summed E-state index contributed by atoms with van der Waals surface area (Å²) in [5, 5.41) is 9.06. The second kappa shape index (κ2) is 8.72. The number of ether oxygens (including phenoxy) is 1. The highest BCUT2D eigenvalue weighted by Gasteiger charge is 2.17. The number of carboxylic acids is 1. The highest BCUT2D eigenvalue weighted by atomic mass is 16.5. The molecule has 2 rings (SSSR count). The van der Waals surface area contributed by atoms with Crippen molar-refractivity contribution in [1.82, 2.24) is 4.90 Å². The van der Waals surface area contributed by atoms with E-state index in [0.29, 0.717) is 6.42 Å². The molecule has 0 saturated carbocycles. The number of amides is 1. The second-order valence-corrected chi connectivity index (χ2v) is 5.44. The van der Waals surface area contributed by atoms with Crippen molar-refractivity contribution in [1.29, 1.82) is 0 Å². The van der Waals surface area contributed by atoms with Crippen LogP contribution in [0.3, 0.4) is 0 Å². The number of carbonyl (C=O) groups excluding carboxylic acids is 1. The first-order valence-corrected chi connectivity index (χ1v) is 7.75. The predicted octanol–water partition coefficient (Wildman–Crippen LogP) is 2.74. The molecule has 5 heteroatoms. The summed E-state index contributed by atoms with van der Waals surface area (Å²) in [5.74, 6) is -0.470. The first kappa shape index (κ1) is 17.5. The molecule has 0 fully saturated rings. The zero-order valence-corrected chi connectivity index (χ0v) is 13.6. The van der Waals surface area contributed by atoms with Gasteiger partial charge in [-0.3, -0.25) is 9.59 Å². The number of para-hydroxylation sites is 1. The molecule has 0 heterocycles. The van der Waals surface area contributed by atoms with Crippen molar-refractivity contribution in [3.63, 3.8) is 0 Å². The molecular weight excluding hydrogens is 306 g/mol. The molecule has 0 aliphatic carbocycles. The molecule has 2 aromatic carbocycles. The van der Waals surface area contributed by atoms with Crippen molar-refractivity contribution < 1.29 is 19.4 Å². The van der Waals surface area contributed by atoms with Crippen molar-refractivity contribution in [2.24, 2.45) is 0 Å². The van der Waals surface area contributed by atoms with Gasteiger partial charge in [-0.25, -0.2) is 0 Å². The molecule has 126 valence electrons. The molecule has 2 aromatic rings. The number of benzene rings is 2. The Labute approximate surface area is 141 Å². The number of rotatable bonds is 8. The van der Waals surface area contributed by atoms with E-state index in [-0.39, 0.29) is 25.4 Å². The van der Waals surface area contributed by atoms with Gasteiger partial charge >= 0.3 is 5.97 Å². The molecule has 0 atom stereocenters. The molecule has 24 heavy (non-hydrogen) atoms. The van der Waals surface area contributed by atoms with Crippen LogP contribution in [0.5, 0.6) is 5.75 Å². The molecule has 0 radical (unpaired) electrons. The van der Waals surface area contributed by atoms with E-state index in [1.54, 1.807) is 7.11 Å². The Bertz CT molecular complexity index is 685. The van der Waals surface area contributed by atoms with Crippen LogP contribution in [-0.2, 0) is 22.6 Å². The summed E-state index contributed by atoms with van der Waals surface area (Å²) < 4.78 is 5.28. The Kier molecular flexibility index (Phi) is 6.37. The fourth-order valence-corrected chi connectivity index (χ4v) is 2.51. The van der Waals surface area contributed by atoms with Crippen LogP contribution in [0.2, 0.25) is 0 Å². The van der Waals surface area contributed by atoms with Gasteiger partial charge in [0, 0.05) is 13.0 Å². The summed E-state index contributed by atoms with van der Waals surface area (Å²) in [6.07, 6.45) is 0.744. The highest BCUT2D eigenvalue weighted by molar-refractivity contribution is 5.81. The van der Waals surface area contributed by atoms with Gasteiger partial charge in [0.2, 0.25) is 5.91 Å². The Morgan fingerprint density at radius 3 is 2.38 bits per heavy atom. The summed E-state index contributed by atoms with van der Waals surface area (Å²) in [4.78, 5) is 24.9. The third-order valence-electron chi connectivity index (χ3n) is 3.70. The summed E-state index contributed by atoms with van der Waals surface area (Å²) in [6, 6.07) is 16.9. The van der Waals surface area contributed by atoms with E-state index >= 15 is 0 Å². The van der Waals surface area contributed by atoms with Crippen LogP contribution < -0.4 is 4.74 Å². The fraction of sp³-hybridized carbons (Fsp3) is 0.263. The van der Waals surface area contributed by atoms with Crippen molar-refractivity contribution in [2.75, 3.05) is 13.7 Å². The minimum absolute atomic E-state index is 0.188. The molecule has 5 nitrogen and oxygen atoms in total. The minimum atomic E-state index is -1.02. The zero-order valence-electron chi connectivity index (χ0n) is 13.6. The van der Waals surface area contributed by atoms with Gasteiger partial charge in [-0.05, 0) is 23.6 Å². The van der Waals surface area contributed by atoms with Crippen molar-refractivity contribution in [2.45, 2.75) is 19.4 Å². The molecule has 0 aliphatic rings. The van der Waals surface area contributed by atoms with E-state index in [0.717, 1.165) is 16.9 Å². The maximum atomic E-state index is 12.5. The standard InChI is InChI=1S/C19H21NO4/c1-24-17-10-6-5-9-16(17)11-12-18(21)20(14-19(22)23)13-15-7-3-2-4-8-15/h2-10H,11-14H2,1H3,(H,22,23). The SMILES string of the molecule is COc1ccccc1CCC(=O)N(CC(=O)O)Cc1ccccc1. The quantitative estimate of drug-likeness (QED) is 0.809. The number of methoxy groups -OCH3 is 1. The zero-order chi connectivity index (χ0) is 17.4. The largest absolute Gasteiger partial charge is 0.496 e. The monoisotopic (exact) mass is 327 g/mol. The average molecular weight is 327 g/mol. The molecule has 0 spiro atoms. The van der Waals surface area contributed by atoms with E-state index in [4.69, 9.17) is 9.84 Å². The number of carbonyl (C=O) groups is 2. The van der Waals surface area contributed by atoms with Gasteiger partial charge in [-0.2, -0.15) is 0 Å². The average Bonchev–Trinajstić information content (AvgIpc) is 2.60. The number of hydrogen-bond acceptors (Lipinski definition) is 3. The normalized spacial score (nSPS) is 10.2. The lowest BCUT2D eigenvalue weighted by atomic mass is 10.1. The molecule has 0 saturated heterocycles. The Hall–Kier alpha value is -2.82. The lowest BCUT2D eigenvalue weighted by Crippen LogP contribution is -2.35. The van der Waals surface area contributed by atoms with E-state index in [1.165, 1.54) is 4.90 Å². The number of aliphatic carboxylic acids is 1. The van der Waals surface area contributed by atoms with E-state index < -0.39 is 5.97 Å². The summed E-state index contributed by atoms with van der Waals surface area (Å²) >= 11 is 0. The fourth-order valence-electron chi connectivity index (χ4n) is 2.51. The van der Waals surface area contributed by atoms with Gasteiger partial charge in [0.1, 0.15) is 12.3 Å². The van der Waals surface area contributed by atoms with Crippen molar-refractivity contribution in [3.05, 3.63) is 65.7 Å². The maximum absolute atomic E-state index is 12.5. The van der Waals surface area contributed by atoms with Gasteiger partial charge < -0.3 is 14.7 Å². The first-order valence-electron chi connectivity index (χ1n) is 7.75. The molecule has 0 aliphatic heterocycles. The highest BCUT2D eigenvalue weighted by Crippen LogP contribution is 2.19. The van der Waals surface area contributed by atoms with Gasteiger partial charge in [-0.15, -0.1) is 0 Å². The topological polar surface area (TPSA) is 66.8 Å². The summed E-state index contributed by atoms with van der Waals surface area (Å²) in [7, 11) is 1.59. The van der Waals surface area contributed by atoms with Crippen molar-refractivity contribution >= 4 is 11.9 Å². The van der Waals surface area contributed by atoms with Crippen LogP contribution in [0.4, 0.5) is 0 Å². The van der Waals surface area contributed by atoms with Crippen LogP contribution in [0.1, 0.15) is 17.5 Å². The second-order valence-electron chi connectivity index (χ2n) is 5.44. The van der Waals surface area contributed by atoms with Gasteiger partial charge in [-0.1, -0.05) is 48.5 Å². The Balaban J connectivity index is 2.03. The van der Waals surface area contributed by atoms with Gasteiger partial charge in [0.25, 0.3) is 0 Å². The maximum Gasteiger partial charge on any atom is 0.323 e.